The van der Waals surface area contributed by atoms with Gasteiger partial charge < -0.3 is 5.32 Å². The fourth-order valence-electron chi connectivity index (χ4n) is 1.98. The highest BCUT2D eigenvalue weighted by molar-refractivity contribution is 5.98. The Morgan fingerprint density at radius 2 is 2.05 bits per heavy atom. The predicted octanol–water partition coefficient (Wildman–Crippen LogP) is 2.17. The summed E-state index contributed by atoms with van der Waals surface area (Å²) in [4.78, 5) is 22.5. The van der Waals surface area contributed by atoms with Crippen LogP contribution in [-0.2, 0) is 15.8 Å². The SMILES string of the molecule is O=C1CCC(CNc2cccc(C(F)(F)F)c2)C(=O)N1. The van der Waals surface area contributed by atoms with Gasteiger partial charge in [-0.15, -0.1) is 0 Å². The van der Waals surface area contributed by atoms with Crippen molar-refractivity contribution in [3.63, 3.8) is 0 Å². The van der Waals surface area contributed by atoms with Crippen LogP contribution >= 0.6 is 0 Å². The Balaban J connectivity index is 1.97. The molecule has 4 nitrogen and oxygen atoms in total. The lowest BCUT2D eigenvalue weighted by Gasteiger charge is -2.21. The van der Waals surface area contributed by atoms with Crippen molar-refractivity contribution in [2.45, 2.75) is 19.0 Å². The molecule has 1 aliphatic rings. The van der Waals surface area contributed by atoms with Gasteiger partial charge in [0.15, 0.2) is 0 Å². The number of hydrogen-bond donors (Lipinski definition) is 2. The first-order valence-electron chi connectivity index (χ1n) is 6.11. The van der Waals surface area contributed by atoms with E-state index in [-0.39, 0.29) is 24.8 Å². The number of nitrogens with one attached hydrogen (secondary N) is 2. The number of hydrogen-bond acceptors (Lipinski definition) is 3. The van der Waals surface area contributed by atoms with Crippen LogP contribution in [0.5, 0.6) is 0 Å². The Morgan fingerprint density at radius 3 is 2.70 bits per heavy atom. The molecule has 2 amide bonds. The molecule has 0 aliphatic carbocycles. The molecule has 0 spiro atoms. The lowest BCUT2D eigenvalue weighted by Crippen LogP contribution is -2.43. The van der Waals surface area contributed by atoms with Crippen LogP contribution in [0.25, 0.3) is 0 Å². The van der Waals surface area contributed by atoms with Crippen molar-refractivity contribution in [2.24, 2.45) is 5.92 Å². The van der Waals surface area contributed by atoms with Crippen LogP contribution in [0.15, 0.2) is 24.3 Å². The fourth-order valence-corrected chi connectivity index (χ4v) is 1.98. The first-order chi connectivity index (χ1) is 9.36. The van der Waals surface area contributed by atoms with Crippen LogP contribution < -0.4 is 10.6 Å². The molecule has 2 N–H and O–H groups in total. The molecule has 7 heteroatoms. The minimum atomic E-state index is -4.40. The summed E-state index contributed by atoms with van der Waals surface area (Å²) >= 11 is 0. The van der Waals surface area contributed by atoms with Gasteiger partial charge in [-0.3, -0.25) is 14.9 Å². The number of anilines is 1. The molecular weight excluding hydrogens is 273 g/mol. The minimum absolute atomic E-state index is 0.195. The van der Waals surface area contributed by atoms with Crippen molar-refractivity contribution in [1.82, 2.24) is 5.32 Å². The second kappa shape index (κ2) is 5.52. The van der Waals surface area contributed by atoms with Crippen molar-refractivity contribution >= 4 is 17.5 Å². The number of piperidine rings is 1. The average Bonchev–Trinajstić information content (AvgIpc) is 2.37. The lowest BCUT2D eigenvalue weighted by molar-refractivity contribution is -0.138. The summed E-state index contributed by atoms with van der Waals surface area (Å²) in [5.74, 6) is -1.12. The Morgan fingerprint density at radius 1 is 1.30 bits per heavy atom. The van der Waals surface area contributed by atoms with E-state index >= 15 is 0 Å². The standard InChI is InChI=1S/C13H13F3N2O2/c14-13(15,16)9-2-1-3-10(6-9)17-7-8-4-5-11(19)18-12(8)20/h1-3,6,8,17H,4-5,7H2,(H,18,19,20). The summed E-state index contributed by atoms with van der Waals surface area (Å²) in [6.07, 6.45) is -3.75. The summed E-state index contributed by atoms with van der Waals surface area (Å²) in [5.41, 5.74) is -0.449. The normalized spacial score (nSPS) is 19.6. The predicted molar refractivity (Wildman–Crippen MR) is 65.8 cm³/mol. The third kappa shape index (κ3) is 3.49. The highest BCUT2D eigenvalue weighted by Crippen LogP contribution is 2.30. The zero-order valence-electron chi connectivity index (χ0n) is 10.5. The number of carbonyl (C=O) groups excluding carboxylic acids is 2. The maximum Gasteiger partial charge on any atom is 0.416 e. The summed E-state index contributed by atoms with van der Waals surface area (Å²) in [6.45, 7) is 0.195. The molecule has 0 saturated carbocycles. The number of carbonyl (C=O) groups is 2. The van der Waals surface area contributed by atoms with Gasteiger partial charge >= 0.3 is 6.18 Å². The average molecular weight is 286 g/mol. The zero-order chi connectivity index (χ0) is 14.8. The van der Waals surface area contributed by atoms with Gasteiger partial charge in [-0.05, 0) is 24.6 Å². The molecule has 20 heavy (non-hydrogen) atoms. The first-order valence-corrected chi connectivity index (χ1v) is 6.11. The Labute approximate surface area is 113 Å². The third-order valence-electron chi connectivity index (χ3n) is 3.10. The Kier molecular flexibility index (Phi) is 3.96. The summed E-state index contributed by atoms with van der Waals surface area (Å²) in [7, 11) is 0. The minimum Gasteiger partial charge on any atom is -0.384 e. The van der Waals surface area contributed by atoms with E-state index in [0.29, 0.717) is 12.1 Å². The van der Waals surface area contributed by atoms with E-state index in [2.05, 4.69) is 10.6 Å². The quantitative estimate of drug-likeness (QED) is 0.837. The molecule has 2 rings (SSSR count). The molecule has 1 aromatic rings. The largest absolute Gasteiger partial charge is 0.416 e. The second-order valence-corrected chi connectivity index (χ2v) is 4.61. The number of rotatable bonds is 3. The van der Waals surface area contributed by atoms with Gasteiger partial charge in [0.1, 0.15) is 0 Å². The maximum atomic E-state index is 12.5. The van der Waals surface area contributed by atoms with E-state index in [0.717, 1.165) is 12.1 Å². The van der Waals surface area contributed by atoms with E-state index in [1.165, 1.54) is 12.1 Å². The summed E-state index contributed by atoms with van der Waals surface area (Å²) < 4.78 is 37.6. The first kappa shape index (κ1) is 14.4. The molecule has 1 fully saturated rings. The highest BCUT2D eigenvalue weighted by Gasteiger charge is 2.30. The van der Waals surface area contributed by atoms with Gasteiger partial charge in [-0.1, -0.05) is 6.07 Å². The van der Waals surface area contributed by atoms with Crippen LogP contribution in [0.3, 0.4) is 0 Å². The van der Waals surface area contributed by atoms with E-state index in [4.69, 9.17) is 0 Å². The van der Waals surface area contributed by atoms with Gasteiger partial charge in [0.05, 0.1) is 11.5 Å². The molecule has 0 bridgehead atoms. The van der Waals surface area contributed by atoms with Crippen LogP contribution in [0.1, 0.15) is 18.4 Å². The molecule has 1 aliphatic heterocycles. The van der Waals surface area contributed by atoms with Crippen LogP contribution in [-0.4, -0.2) is 18.4 Å². The van der Waals surface area contributed by atoms with Gasteiger partial charge in [0.2, 0.25) is 11.8 Å². The van der Waals surface area contributed by atoms with Crippen LogP contribution in [0, 0.1) is 5.92 Å². The molecule has 1 heterocycles. The molecule has 108 valence electrons. The summed E-state index contributed by atoms with van der Waals surface area (Å²) in [6, 6.07) is 4.78. The van der Waals surface area contributed by atoms with E-state index < -0.39 is 17.7 Å². The third-order valence-corrected chi connectivity index (χ3v) is 3.10. The molecule has 1 saturated heterocycles. The van der Waals surface area contributed by atoms with Crippen LogP contribution in [0.4, 0.5) is 18.9 Å². The molecule has 1 aromatic carbocycles. The van der Waals surface area contributed by atoms with E-state index in [1.54, 1.807) is 0 Å². The molecule has 0 aromatic heterocycles. The Hall–Kier alpha value is -2.05. The van der Waals surface area contributed by atoms with Crippen molar-refractivity contribution in [3.8, 4) is 0 Å². The summed E-state index contributed by atoms with van der Waals surface area (Å²) in [5, 5.41) is 5.00. The number of imide groups is 1. The number of benzene rings is 1. The number of alkyl halides is 3. The van der Waals surface area contributed by atoms with Crippen molar-refractivity contribution in [2.75, 3.05) is 11.9 Å². The van der Waals surface area contributed by atoms with Crippen molar-refractivity contribution in [1.29, 1.82) is 0 Å². The Bertz CT molecular complexity index is 529. The molecular formula is C13H13F3N2O2. The van der Waals surface area contributed by atoms with Gasteiger partial charge in [0, 0.05) is 18.7 Å². The van der Waals surface area contributed by atoms with E-state index in [9.17, 15) is 22.8 Å². The monoisotopic (exact) mass is 286 g/mol. The number of amides is 2. The maximum absolute atomic E-state index is 12.5. The second-order valence-electron chi connectivity index (χ2n) is 4.61. The topological polar surface area (TPSA) is 58.2 Å². The van der Waals surface area contributed by atoms with Gasteiger partial charge in [-0.25, -0.2) is 0 Å². The lowest BCUT2D eigenvalue weighted by atomic mass is 9.98. The van der Waals surface area contributed by atoms with Gasteiger partial charge in [-0.2, -0.15) is 13.2 Å². The van der Waals surface area contributed by atoms with Crippen molar-refractivity contribution < 1.29 is 22.8 Å². The highest BCUT2D eigenvalue weighted by atomic mass is 19.4. The number of halogens is 3. The smallest absolute Gasteiger partial charge is 0.384 e. The van der Waals surface area contributed by atoms with Gasteiger partial charge in [0.25, 0.3) is 0 Å². The zero-order valence-corrected chi connectivity index (χ0v) is 10.5. The fraction of sp³-hybridized carbons (Fsp3) is 0.385. The molecule has 1 unspecified atom stereocenters. The molecule has 1 atom stereocenters. The van der Waals surface area contributed by atoms with Crippen LogP contribution in [0.2, 0.25) is 0 Å². The van der Waals surface area contributed by atoms with E-state index in [1.807, 2.05) is 0 Å². The van der Waals surface area contributed by atoms with Crippen molar-refractivity contribution in [3.05, 3.63) is 29.8 Å². The molecule has 0 radical (unpaired) electrons.